The molecular formula is C17H24N2O5S. The average Bonchev–Trinajstić information content (AvgIpc) is 3.08. The van der Waals surface area contributed by atoms with Crippen LogP contribution >= 0.6 is 0 Å². The quantitative estimate of drug-likeness (QED) is 0.757. The van der Waals surface area contributed by atoms with E-state index in [1.54, 1.807) is 24.3 Å². The van der Waals surface area contributed by atoms with E-state index in [1.165, 1.54) is 18.2 Å². The number of hydrogen-bond acceptors (Lipinski definition) is 4. The second kappa shape index (κ2) is 7.53. The number of amides is 1. The summed E-state index contributed by atoms with van der Waals surface area (Å²) >= 11 is 0. The molecule has 0 atom stereocenters. The van der Waals surface area contributed by atoms with Gasteiger partial charge in [0.1, 0.15) is 5.54 Å². The summed E-state index contributed by atoms with van der Waals surface area (Å²) in [4.78, 5) is 23.1. The van der Waals surface area contributed by atoms with Gasteiger partial charge in [-0.1, -0.05) is 12.1 Å². The molecule has 0 radical (unpaired) electrons. The Morgan fingerprint density at radius 1 is 1.16 bits per heavy atom. The third kappa shape index (κ3) is 4.79. The number of carboxylic acid groups (broad SMARTS) is 1. The molecule has 0 saturated carbocycles. The number of nitrogens with zero attached hydrogens (tertiary/aromatic N) is 1. The molecule has 1 aliphatic heterocycles. The zero-order valence-electron chi connectivity index (χ0n) is 14.5. The zero-order chi connectivity index (χ0) is 18.7. The SMILES string of the molecule is CC(C)(NC(=O)CCc1ccc(S(=O)(=O)N2CCCC2)cc1)C(=O)O. The van der Waals surface area contributed by atoms with E-state index < -0.39 is 21.5 Å². The van der Waals surface area contributed by atoms with E-state index in [0.717, 1.165) is 18.4 Å². The lowest BCUT2D eigenvalue weighted by Crippen LogP contribution is -2.49. The van der Waals surface area contributed by atoms with E-state index in [4.69, 9.17) is 5.11 Å². The normalized spacial score (nSPS) is 15.9. The first-order valence-electron chi connectivity index (χ1n) is 8.26. The summed E-state index contributed by atoms with van der Waals surface area (Å²) in [5, 5.41) is 11.5. The molecule has 0 aliphatic carbocycles. The van der Waals surface area contributed by atoms with Crippen molar-refractivity contribution < 1.29 is 23.1 Å². The van der Waals surface area contributed by atoms with Gasteiger partial charge in [0.05, 0.1) is 4.90 Å². The lowest BCUT2D eigenvalue weighted by molar-refractivity contribution is -0.146. The first-order chi connectivity index (χ1) is 11.6. The molecule has 1 saturated heterocycles. The summed E-state index contributed by atoms with van der Waals surface area (Å²) in [5.74, 6) is -1.46. The summed E-state index contributed by atoms with van der Waals surface area (Å²) in [6.07, 6.45) is 2.32. The van der Waals surface area contributed by atoms with Crippen LogP contribution in [-0.2, 0) is 26.0 Å². The van der Waals surface area contributed by atoms with E-state index in [1.807, 2.05) is 0 Å². The van der Waals surface area contributed by atoms with Crippen LogP contribution in [0, 0.1) is 0 Å². The van der Waals surface area contributed by atoms with Crippen molar-refractivity contribution in [3.63, 3.8) is 0 Å². The molecule has 0 spiro atoms. The van der Waals surface area contributed by atoms with E-state index in [2.05, 4.69) is 5.32 Å². The van der Waals surface area contributed by atoms with Crippen LogP contribution in [0.15, 0.2) is 29.2 Å². The Hall–Kier alpha value is -1.93. The van der Waals surface area contributed by atoms with E-state index in [-0.39, 0.29) is 17.2 Å². The average molecular weight is 368 g/mol. The third-order valence-corrected chi connectivity index (χ3v) is 6.17. The minimum atomic E-state index is -3.43. The number of aliphatic carboxylic acids is 1. The van der Waals surface area contributed by atoms with Crippen LogP contribution in [0.25, 0.3) is 0 Å². The highest BCUT2D eigenvalue weighted by atomic mass is 32.2. The third-order valence-electron chi connectivity index (χ3n) is 4.25. The first-order valence-corrected chi connectivity index (χ1v) is 9.70. The summed E-state index contributed by atoms with van der Waals surface area (Å²) in [6.45, 7) is 3.96. The van der Waals surface area contributed by atoms with Gasteiger partial charge in [-0.05, 0) is 50.8 Å². The van der Waals surface area contributed by atoms with E-state index >= 15 is 0 Å². The highest BCUT2D eigenvalue weighted by Gasteiger charge is 2.29. The number of sulfonamides is 1. The minimum Gasteiger partial charge on any atom is -0.480 e. The van der Waals surface area contributed by atoms with Crippen molar-refractivity contribution in [1.29, 1.82) is 0 Å². The number of carbonyl (C=O) groups excluding carboxylic acids is 1. The zero-order valence-corrected chi connectivity index (χ0v) is 15.3. The summed E-state index contributed by atoms with van der Waals surface area (Å²) < 4.78 is 26.4. The van der Waals surface area contributed by atoms with Crippen molar-refractivity contribution in [1.82, 2.24) is 9.62 Å². The number of nitrogens with one attached hydrogen (secondary N) is 1. The van der Waals surface area contributed by atoms with Crippen LogP contribution in [0.5, 0.6) is 0 Å². The van der Waals surface area contributed by atoms with Crippen LogP contribution in [0.4, 0.5) is 0 Å². The van der Waals surface area contributed by atoms with Gasteiger partial charge >= 0.3 is 5.97 Å². The molecule has 7 nitrogen and oxygen atoms in total. The fourth-order valence-corrected chi connectivity index (χ4v) is 4.15. The highest BCUT2D eigenvalue weighted by molar-refractivity contribution is 7.89. The number of carbonyl (C=O) groups is 2. The van der Waals surface area contributed by atoms with Crippen molar-refractivity contribution in [2.45, 2.75) is 50.0 Å². The second-order valence-corrected chi connectivity index (χ2v) is 8.67. The largest absolute Gasteiger partial charge is 0.480 e. The van der Waals surface area contributed by atoms with Crippen molar-refractivity contribution in [2.24, 2.45) is 0 Å². The maximum absolute atomic E-state index is 12.4. The predicted molar refractivity (Wildman–Crippen MR) is 92.6 cm³/mol. The van der Waals surface area contributed by atoms with Gasteiger partial charge in [0.2, 0.25) is 15.9 Å². The predicted octanol–water partition coefficient (Wildman–Crippen LogP) is 1.38. The van der Waals surface area contributed by atoms with Gasteiger partial charge in [-0.3, -0.25) is 4.79 Å². The van der Waals surface area contributed by atoms with Gasteiger partial charge in [0, 0.05) is 19.5 Å². The lowest BCUT2D eigenvalue weighted by Gasteiger charge is -2.20. The Morgan fingerprint density at radius 2 is 1.72 bits per heavy atom. The molecule has 25 heavy (non-hydrogen) atoms. The molecular weight excluding hydrogens is 344 g/mol. The van der Waals surface area contributed by atoms with Crippen molar-refractivity contribution in [2.75, 3.05) is 13.1 Å². The summed E-state index contributed by atoms with van der Waals surface area (Å²) in [7, 11) is -3.43. The van der Waals surface area contributed by atoms with Gasteiger partial charge in [0.25, 0.3) is 0 Å². The molecule has 1 fully saturated rings. The van der Waals surface area contributed by atoms with Gasteiger partial charge in [-0.25, -0.2) is 13.2 Å². The van der Waals surface area contributed by atoms with Crippen LogP contribution in [0.2, 0.25) is 0 Å². The number of hydrogen-bond donors (Lipinski definition) is 2. The summed E-state index contributed by atoms with van der Waals surface area (Å²) in [5.41, 5.74) is -0.492. The Bertz CT molecular complexity index is 735. The topological polar surface area (TPSA) is 104 Å². The van der Waals surface area contributed by atoms with Crippen LogP contribution in [0.1, 0.15) is 38.7 Å². The molecule has 1 amide bonds. The molecule has 8 heteroatoms. The highest BCUT2D eigenvalue weighted by Crippen LogP contribution is 2.21. The van der Waals surface area contributed by atoms with Crippen molar-refractivity contribution >= 4 is 21.9 Å². The minimum absolute atomic E-state index is 0.134. The van der Waals surface area contributed by atoms with Gasteiger partial charge in [-0.2, -0.15) is 4.31 Å². The number of benzene rings is 1. The molecule has 0 aromatic heterocycles. The Balaban J connectivity index is 1.94. The second-order valence-electron chi connectivity index (χ2n) is 6.73. The van der Waals surface area contributed by atoms with Crippen LogP contribution in [0.3, 0.4) is 0 Å². The Labute approximate surface area is 148 Å². The molecule has 1 aliphatic rings. The molecule has 2 N–H and O–H groups in total. The molecule has 0 bridgehead atoms. The van der Waals surface area contributed by atoms with Crippen LogP contribution in [-0.4, -0.2) is 48.3 Å². The Morgan fingerprint density at radius 3 is 2.24 bits per heavy atom. The fourth-order valence-electron chi connectivity index (χ4n) is 2.63. The molecule has 138 valence electrons. The van der Waals surface area contributed by atoms with Gasteiger partial charge < -0.3 is 10.4 Å². The van der Waals surface area contributed by atoms with Crippen molar-refractivity contribution in [3.8, 4) is 0 Å². The molecule has 1 aromatic rings. The number of rotatable bonds is 7. The van der Waals surface area contributed by atoms with Crippen molar-refractivity contribution in [3.05, 3.63) is 29.8 Å². The maximum Gasteiger partial charge on any atom is 0.328 e. The molecule has 0 unspecified atom stereocenters. The standard InChI is InChI=1S/C17H24N2O5S/c1-17(2,16(21)22)18-15(20)10-7-13-5-8-14(9-6-13)25(23,24)19-11-3-4-12-19/h5-6,8-9H,3-4,7,10-12H2,1-2H3,(H,18,20)(H,21,22). The first kappa shape index (κ1) is 19.4. The Kier molecular flexibility index (Phi) is 5.84. The fraction of sp³-hybridized carbons (Fsp3) is 0.529. The number of carboxylic acids is 1. The lowest BCUT2D eigenvalue weighted by atomic mass is 10.0. The molecule has 1 aromatic carbocycles. The van der Waals surface area contributed by atoms with E-state index in [0.29, 0.717) is 19.5 Å². The number of aryl methyl sites for hydroxylation is 1. The smallest absolute Gasteiger partial charge is 0.328 e. The monoisotopic (exact) mass is 368 g/mol. The van der Waals surface area contributed by atoms with Gasteiger partial charge in [-0.15, -0.1) is 0 Å². The van der Waals surface area contributed by atoms with Crippen LogP contribution < -0.4 is 5.32 Å². The maximum atomic E-state index is 12.4. The van der Waals surface area contributed by atoms with E-state index in [9.17, 15) is 18.0 Å². The molecule has 2 rings (SSSR count). The van der Waals surface area contributed by atoms with Gasteiger partial charge in [0.15, 0.2) is 0 Å². The molecule has 1 heterocycles. The summed E-state index contributed by atoms with van der Waals surface area (Å²) in [6, 6.07) is 6.50.